The molecule has 5 heteroatoms. The Morgan fingerprint density at radius 2 is 2.00 bits per heavy atom. The Kier molecular flexibility index (Phi) is 4.60. The molecule has 0 saturated carbocycles. The van der Waals surface area contributed by atoms with E-state index in [-0.39, 0.29) is 6.04 Å². The van der Waals surface area contributed by atoms with Gasteiger partial charge in [0.1, 0.15) is 0 Å². The van der Waals surface area contributed by atoms with Gasteiger partial charge in [0.15, 0.2) is 0 Å². The first-order valence-electron chi connectivity index (χ1n) is 6.89. The molecule has 1 aliphatic rings. The van der Waals surface area contributed by atoms with E-state index in [1.165, 1.54) is 0 Å². The number of hydrogen-bond donors (Lipinski definition) is 1. The molecule has 1 unspecified atom stereocenters. The minimum Gasteiger partial charge on any atom is -0.310 e. The van der Waals surface area contributed by atoms with Crippen molar-refractivity contribution in [2.24, 2.45) is 0 Å². The van der Waals surface area contributed by atoms with E-state index < -0.39 is 10.0 Å². The molecule has 1 aliphatic heterocycles. The standard InChI is InChI=1S/C14H22N2O2S/c1-3-15-12(2)13-7-6-8-14(11-13)19(17,18)16-9-4-5-10-16/h6-8,11-12,15H,3-5,9-10H2,1-2H3. The van der Waals surface area contributed by atoms with Gasteiger partial charge in [-0.05, 0) is 44.0 Å². The molecule has 0 aromatic heterocycles. The van der Waals surface area contributed by atoms with Crippen LogP contribution in [0.3, 0.4) is 0 Å². The second-order valence-corrected chi connectivity index (χ2v) is 6.90. The quantitative estimate of drug-likeness (QED) is 0.900. The van der Waals surface area contributed by atoms with Gasteiger partial charge in [0, 0.05) is 19.1 Å². The zero-order chi connectivity index (χ0) is 13.9. The summed E-state index contributed by atoms with van der Waals surface area (Å²) in [6, 6.07) is 7.44. The first-order valence-corrected chi connectivity index (χ1v) is 8.33. The molecular weight excluding hydrogens is 260 g/mol. The third kappa shape index (κ3) is 3.16. The maximum Gasteiger partial charge on any atom is 0.243 e. The van der Waals surface area contributed by atoms with Crippen molar-refractivity contribution in [3.05, 3.63) is 29.8 Å². The van der Waals surface area contributed by atoms with Crippen LogP contribution < -0.4 is 5.32 Å². The van der Waals surface area contributed by atoms with Crippen molar-refractivity contribution in [2.75, 3.05) is 19.6 Å². The van der Waals surface area contributed by atoms with Crippen LogP contribution in [0.2, 0.25) is 0 Å². The van der Waals surface area contributed by atoms with E-state index in [4.69, 9.17) is 0 Å². The Morgan fingerprint density at radius 3 is 2.63 bits per heavy atom. The number of hydrogen-bond acceptors (Lipinski definition) is 3. The molecule has 0 amide bonds. The SMILES string of the molecule is CCNC(C)c1cccc(S(=O)(=O)N2CCCC2)c1. The Balaban J connectivity index is 2.27. The van der Waals surface area contributed by atoms with Crippen LogP contribution in [0.1, 0.15) is 38.3 Å². The molecule has 4 nitrogen and oxygen atoms in total. The van der Waals surface area contributed by atoms with Gasteiger partial charge in [-0.2, -0.15) is 4.31 Å². The van der Waals surface area contributed by atoms with Crippen LogP contribution in [0, 0.1) is 0 Å². The number of sulfonamides is 1. The van der Waals surface area contributed by atoms with Gasteiger partial charge in [0.2, 0.25) is 10.0 Å². The van der Waals surface area contributed by atoms with Crippen LogP contribution in [0.15, 0.2) is 29.2 Å². The van der Waals surface area contributed by atoms with Gasteiger partial charge < -0.3 is 5.32 Å². The number of nitrogens with zero attached hydrogens (tertiary/aromatic N) is 1. The van der Waals surface area contributed by atoms with Crippen molar-refractivity contribution in [1.29, 1.82) is 0 Å². The maximum atomic E-state index is 12.5. The summed E-state index contributed by atoms with van der Waals surface area (Å²) >= 11 is 0. The highest BCUT2D eigenvalue weighted by molar-refractivity contribution is 7.89. The smallest absolute Gasteiger partial charge is 0.243 e. The molecule has 0 radical (unpaired) electrons. The Labute approximate surface area is 115 Å². The minimum absolute atomic E-state index is 0.165. The lowest BCUT2D eigenvalue weighted by Crippen LogP contribution is -2.28. The monoisotopic (exact) mass is 282 g/mol. The lowest BCUT2D eigenvalue weighted by Gasteiger charge is -2.18. The van der Waals surface area contributed by atoms with Crippen LogP contribution >= 0.6 is 0 Å². The molecule has 1 N–H and O–H groups in total. The van der Waals surface area contributed by atoms with E-state index in [1.807, 2.05) is 26.0 Å². The van der Waals surface area contributed by atoms with E-state index in [2.05, 4.69) is 5.32 Å². The second kappa shape index (κ2) is 6.03. The van der Waals surface area contributed by atoms with Crippen molar-refractivity contribution >= 4 is 10.0 Å². The summed E-state index contributed by atoms with van der Waals surface area (Å²) in [4.78, 5) is 0.414. The number of nitrogens with one attached hydrogen (secondary N) is 1. The van der Waals surface area contributed by atoms with Crippen LogP contribution in [-0.2, 0) is 10.0 Å². The molecule has 1 aromatic carbocycles. The molecule has 0 aliphatic carbocycles. The van der Waals surface area contributed by atoms with Crippen LogP contribution in [-0.4, -0.2) is 32.4 Å². The molecule has 0 bridgehead atoms. The molecule has 2 rings (SSSR count). The van der Waals surface area contributed by atoms with E-state index in [9.17, 15) is 8.42 Å². The molecule has 1 fully saturated rings. The lowest BCUT2D eigenvalue weighted by atomic mass is 10.1. The summed E-state index contributed by atoms with van der Waals surface area (Å²) < 4.78 is 26.5. The number of rotatable bonds is 5. The fraction of sp³-hybridized carbons (Fsp3) is 0.571. The molecule has 1 heterocycles. The number of benzene rings is 1. The van der Waals surface area contributed by atoms with E-state index >= 15 is 0 Å². The molecule has 19 heavy (non-hydrogen) atoms. The summed E-state index contributed by atoms with van der Waals surface area (Å²) in [6.07, 6.45) is 1.93. The summed E-state index contributed by atoms with van der Waals surface area (Å²) in [5, 5.41) is 3.30. The summed E-state index contributed by atoms with van der Waals surface area (Å²) in [7, 11) is -3.30. The highest BCUT2D eigenvalue weighted by Gasteiger charge is 2.27. The minimum atomic E-state index is -3.30. The Morgan fingerprint density at radius 1 is 1.32 bits per heavy atom. The summed E-state index contributed by atoms with van der Waals surface area (Å²) in [5.41, 5.74) is 1.02. The van der Waals surface area contributed by atoms with Gasteiger partial charge in [-0.15, -0.1) is 0 Å². The van der Waals surface area contributed by atoms with Crippen molar-refractivity contribution < 1.29 is 8.42 Å². The Hall–Kier alpha value is -0.910. The molecule has 106 valence electrons. The van der Waals surface area contributed by atoms with Crippen molar-refractivity contribution in [2.45, 2.75) is 37.6 Å². The first kappa shape index (κ1) is 14.5. The van der Waals surface area contributed by atoms with Gasteiger partial charge in [-0.3, -0.25) is 0 Å². The van der Waals surface area contributed by atoms with Crippen molar-refractivity contribution in [3.8, 4) is 0 Å². The molecule has 0 spiro atoms. The highest BCUT2D eigenvalue weighted by Crippen LogP contribution is 2.23. The fourth-order valence-corrected chi connectivity index (χ4v) is 4.02. The molecule has 1 atom stereocenters. The summed E-state index contributed by atoms with van der Waals surface area (Å²) in [6.45, 7) is 6.25. The van der Waals surface area contributed by atoms with Crippen molar-refractivity contribution in [3.63, 3.8) is 0 Å². The van der Waals surface area contributed by atoms with Gasteiger partial charge in [0.25, 0.3) is 0 Å². The zero-order valence-electron chi connectivity index (χ0n) is 11.6. The molecule has 1 aromatic rings. The van der Waals surface area contributed by atoms with E-state index in [1.54, 1.807) is 16.4 Å². The molecule has 1 saturated heterocycles. The van der Waals surface area contributed by atoms with Crippen molar-refractivity contribution in [1.82, 2.24) is 9.62 Å². The third-order valence-electron chi connectivity index (χ3n) is 3.57. The fourth-order valence-electron chi connectivity index (χ4n) is 2.45. The lowest BCUT2D eigenvalue weighted by molar-refractivity contribution is 0.477. The van der Waals surface area contributed by atoms with Crippen LogP contribution in [0.4, 0.5) is 0 Å². The Bertz CT molecular complexity index is 522. The van der Waals surface area contributed by atoms with E-state index in [0.29, 0.717) is 18.0 Å². The van der Waals surface area contributed by atoms with Crippen LogP contribution in [0.5, 0.6) is 0 Å². The second-order valence-electron chi connectivity index (χ2n) is 4.96. The van der Waals surface area contributed by atoms with Gasteiger partial charge in [-0.25, -0.2) is 8.42 Å². The third-order valence-corrected chi connectivity index (χ3v) is 5.47. The maximum absolute atomic E-state index is 12.5. The average molecular weight is 282 g/mol. The zero-order valence-corrected chi connectivity index (χ0v) is 12.4. The van der Waals surface area contributed by atoms with Gasteiger partial charge in [-0.1, -0.05) is 19.1 Å². The topological polar surface area (TPSA) is 49.4 Å². The normalized spacial score (nSPS) is 18.6. The van der Waals surface area contributed by atoms with E-state index in [0.717, 1.165) is 24.9 Å². The largest absolute Gasteiger partial charge is 0.310 e. The predicted octanol–water partition coefficient (Wildman–Crippen LogP) is 2.14. The first-order chi connectivity index (χ1) is 9.05. The van der Waals surface area contributed by atoms with Gasteiger partial charge >= 0.3 is 0 Å². The average Bonchev–Trinajstić information content (AvgIpc) is 2.94. The summed E-state index contributed by atoms with van der Waals surface area (Å²) in [5.74, 6) is 0. The van der Waals surface area contributed by atoms with Gasteiger partial charge in [0.05, 0.1) is 4.90 Å². The highest BCUT2D eigenvalue weighted by atomic mass is 32.2. The molecular formula is C14H22N2O2S. The predicted molar refractivity (Wildman–Crippen MR) is 76.5 cm³/mol. The van der Waals surface area contributed by atoms with Crippen LogP contribution in [0.25, 0.3) is 0 Å².